The standard InChI is InChI=1S/C29H35N5O2S/c1-20-18-25(21(2)34(20)23-10-8-22(9-11-23)32-13-16-35-17-14-32)28-27(26-7-3-4-12-30-26)31-29(37)33(28)19-24-6-5-15-36-24/h3-4,7-12,18,24,27-28H,5-6,13-17,19H2,1-2H3,(H,31,37)/t24-,27+,28-/m0/s1. The predicted molar refractivity (Wildman–Crippen MR) is 149 cm³/mol. The van der Waals surface area contributed by atoms with E-state index in [-0.39, 0.29) is 18.2 Å². The van der Waals surface area contributed by atoms with E-state index in [0.717, 1.165) is 63.1 Å². The van der Waals surface area contributed by atoms with Crippen molar-refractivity contribution < 1.29 is 9.47 Å². The number of benzene rings is 1. The zero-order valence-corrected chi connectivity index (χ0v) is 22.4. The van der Waals surface area contributed by atoms with Crippen LogP contribution >= 0.6 is 12.2 Å². The number of thiocarbonyl (C=S) groups is 1. The third kappa shape index (κ3) is 4.74. The van der Waals surface area contributed by atoms with Crippen LogP contribution in [0.4, 0.5) is 5.69 Å². The van der Waals surface area contributed by atoms with Gasteiger partial charge in [0.1, 0.15) is 0 Å². The van der Waals surface area contributed by atoms with Crippen LogP contribution in [0.5, 0.6) is 0 Å². The highest BCUT2D eigenvalue weighted by Crippen LogP contribution is 2.42. The van der Waals surface area contributed by atoms with Crippen molar-refractivity contribution in [1.82, 2.24) is 19.8 Å². The van der Waals surface area contributed by atoms with Gasteiger partial charge >= 0.3 is 0 Å². The summed E-state index contributed by atoms with van der Waals surface area (Å²) in [6.45, 7) is 9.49. The monoisotopic (exact) mass is 517 g/mol. The second kappa shape index (κ2) is 10.4. The van der Waals surface area contributed by atoms with Crippen LogP contribution in [0.3, 0.4) is 0 Å². The largest absolute Gasteiger partial charge is 0.378 e. The van der Waals surface area contributed by atoms with Crippen molar-refractivity contribution in [3.8, 4) is 5.69 Å². The predicted octanol–water partition coefficient (Wildman–Crippen LogP) is 4.48. The normalized spacial score (nSPS) is 24.1. The van der Waals surface area contributed by atoms with Crippen molar-refractivity contribution >= 4 is 23.0 Å². The summed E-state index contributed by atoms with van der Waals surface area (Å²) in [5.74, 6) is 0. The Morgan fingerprint density at radius 2 is 1.81 bits per heavy atom. The van der Waals surface area contributed by atoms with E-state index in [1.807, 2.05) is 18.3 Å². The lowest BCUT2D eigenvalue weighted by Gasteiger charge is -2.30. The van der Waals surface area contributed by atoms with E-state index in [0.29, 0.717) is 0 Å². The number of hydrogen-bond donors (Lipinski definition) is 1. The van der Waals surface area contributed by atoms with Gasteiger partial charge in [0, 0.05) is 55.2 Å². The number of aryl methyl sites for hydroxylation is 1. The minimum Gasteiger partial charge on any atom is -0.378 e. The van der Waals surface area contributed by atoms with Crippen molar-refractivity contribution in [2.75, 3.05) is 44.4 Å². The summed E-state index contributed by atoms with van der Waals surface area (Å²) in [6, 6.07) is 17.4. The maximum atomic E-state index is 6.02. The Labute approximate surface area is 224 Å². The van der Waals surface area contributed by atoms with E-state index in [2.05, 4.69) is 69.9 Å². The molecule has 3 atom stereocenters. The smallest absolute Gasteiger partial charge is 0.170 e. The summed E-state index contributed by atoms with van der Waals surface area (Å²) in [5, 5.41) is 4.37. The average Bonchev–Trinajstić information content (AvgIpc) is 3.64. The van der Waals surface area contributed by atoms with Gasteiger partial charge < -0.3 is 29.2 Å². The number of anilines is 1. The van der Waals surface area contributed by atoms with Gasteiger partial charge in [0.05, 0.1) is 37.1 Å². The van der Waals surface area contributed by atoms with E-state index in [1.165, 1.54) is 28.3 Å². The highest BCUT2D eigenvalue weighted by molar-refractivity contribution is 7.80. The quantitative estimate of drug-likeness (QED) is 0.484. The van der Waals surface area contributed by atoms with Gasteiger partial charge in [-0.2, -0.15) is 0 Å². The van der Waals surface area contributed by atoms with Gasteiger partial charge in [-0.1, -0.05) is 6.07 Å². The van der Waals surface area contributed by atoms with Gasteiger partial charge in [0.2, 0.25) is 0 Å². The van der Waals surface area contributed by atoms with Gasteiger partial charge in [-0.25, -0.2) is 0 Å². The minimum absolute atomic E-state index is 0.0206. The van der Waals surface area contributed by atoms with Gasteiger partial charge in [-0.3, -0.25) is 4.98 Å². The first-order chi connectivity index (χ1) is 18.1. The number of morpholine rings is 1. The van der Waals surface area contributed by atoms with Crippen LogP contribution in [-0.4, -0.2) is 65.1 Å². The second-order valence-electron chi connectivity index (χ2n) is 10.2. The number of nitrogens with zero attached hydrogens (tertiary/aromatic N) is 4. The van der Waals surface area contributed by atoms with Crippen molar-refractivity contribution in [3.05, 3.63) is 77.4 Å². The number of rotatable bonds is 6. The molecule has 1 aromatic carbocycles. The molecule has 0 amide bonds. The molecular weight excluding hydrogens is 482 g/mol. The summed E-state index contributed by atoms with van der Waals surface area (Å²) < 4.78 is 13.9. The van der Waals surface area contributed by atoms with E-state index in [1.54, 1.807) is 0 Å². The third-order valence-corrected chi connectivity index (χ3v) is 8.25. The first-order valence-electron chi connectivity index (χ1n) is 13.3. The molecular formula is C29H35N5O2S. The Bertz CT molecular complexity index is 1230. The van der Waals surface area contributed by atoms with Gasteiger partial charge in [-0.05, 0) is 86.9 Å². The van der Waals surface area contributed by atoms with Crippen LogP contribution in [0.2, 0.25) is 0 Å². The average molecular weight is 518 g/mol. The molecule has 3 aliphatic rings. The summed E-state index contributed by atoms with van der Waals surface area (Å²) in [5.41, 5.74) is 7.14. The number of ether oxygens (including phenoxy) is 2. The number of pyridine rings is 1. The first-order valence-corrected chi connectivity index (χ1v) is 13.7. The fourth-order valence-electron chi connectivity index (χ4n) is 6.07. The van der Waals surface area contributed by atoms with Crippen molar-refractivity contribution in [2.24, 2.45) is 0 Å². The van der Waals surface area contributed by atoms with Crippen molar-refractivity contribution in [2.45, 2.75) is 44.9 Å². The van der Waals surface area contributed by atoms with Crippen LogP contribution in [-0.2, 0) is 9.47 Å². The molecule has 1 N–H and O–H groups in total. The lowest BCUT2D eigenvalue weighted by Crippen LogP contribution is -2.36. The lowest BCUT2D eigenvalue weighted by atomic mass is 9.96. The maximum Gasteiger partial charge on any atom is 0.170 e. The molecule has 3 aromatic rings. The number of aromatic nitrogens is 2. The van der Waals surface area contributed by atoms with Gasteiger partial charge in [-0.15, -0.1) is 0 Å². The molecule has 6 rings (SSSR count). The zero-order valence-electron chi connectivity index (χ0n) is 21.6. The Balaban J connectivity index is 1.35. The molecule has 7 nitrogen and oxygen atoms in total. The Kier molecular flexibility index (Phi) is 6.88. The molecule has 0 unspecified atom stereocenters. The van der Waals surface area contributed by atoms with E-state index < -0.39 is 0 Å². The third-order valence-electron chi connectivity index (χ3n) is 7.90. The molecule has 3 saturated heterocycles. The molecule has 0 aliphatic carbocycles. The van der Waals surface area contributed by atoms with Crippen LogP contribution in [0, 0.1) is 13.8 Å². The molecule has 3 fully saturated rings. The molecule has 5 heterocycles. The maximum absolute atomic E-state index is 6.02. The minimum atomic E-state index is -0.0206. The summed E-state index contributed by atoms with van der Waals surface area (Å²) >= 11 is 5.89. The first kappa shape index (κ1) is 24.4. The molecule has 37 heavy (non-hydrogen) atoms. The lowest BCUT2D eigenvalue weighted by molar-refractivity contribution is 0.0842. The highest BCUT2D eigenvalue weighted by Gasteiger charge is 2.42. The summed E-state index contributed by atoms with van der Waals surface area (Å²) in [7, 11) is 0. The van der Waals surface area contributed by atoms with E-state index >= 15 is 0 Å². The summed E-state index contributed by atoms with van der Waals surface area (Å²) in [4.78, 5) is 9.43. The van der Waals surface area contributed by atoms with Crippen molar-refractivity contribution in [3.63, 3.8) is 0 Å². The molecule has 194 valence electrons. The van der Waals surface area contributed by atoms with Crippen LogP contribution < -0.4 is 10.2 Å². The highest BCUT2D eigenvalue weighted by atomic mass is 32.1. The molecule has 0 saturated carbocycles. The van der Waals surface area contributed by atoms with Crippen molar-refractivity contribution in [1.29, 1.82) is 0 Å². The number of nitrogens with one attached hydrogen (secondary N) is 1. The van der Waals surface area contributed by atoms with Gasteiger partial charge in [0.25, 0.3) is 0 Å². The molecule has 2 aromatic heterocycles. The molecule has 8 heteroatoms. The topological polar surface area (TPSA) is 54.8 Å². The molecule has 3 aliphatic heterocycles. The summed E-state index contributed by atoms with van der Waals surface area (Å²) in [6.07, 6.45) is 4.26. The Morgan fingerprint density at radius 3 is 2.51 bits per heavy atom. The Morgan fingerprint density at radius 1 is 1.03 bits per heavy atom. The Hall–Kier alpha value is -2.94. The van der Waals surface area contributed by atoms with Crippen LogP contribution in [0.15, 0.2) is 54.7 Å². The molecule has 0 spiro atoms. The van der Waals surface area contributed by atoms with Crippen LogP contribution in [0.1, 0.15) is 47.6 Å². The van der Waals surface area contributed by atoms with E-state index in [9.17, 15) is 0 Å². The molecule has 0 bridgehead atoms. The fourth-order valence-corrected chi connectivity index (χ4v) is 6.38. The van der Waals surface area contributed by atoms with Gasteiger partial charge in [0.15, 0.2) is 5.11 Å². The number of hydrogen-bond acceptors (Lipinski definition) is 5. The fraction of sp³-hybridized carbons (Fsp3) is 0.448. The second-order valence-corrected chi connectivity index (χ2v) is 10.6. The van der Waals surface area contributed by atoms with Crippen LogP contribution in [0.25, 0.3) is 5.69 Å². The zero-order chi connectivity index (χ0) is 25.4. The SMILES string of the molecule is Cc1cc([C@H]2[C@@H](c3ccccn3)NC(=S)N2C[C@@H]2CCCO2)c(C)n1-c1ccc(N2CCOCC2)cc1. The van der Waals surface area contributed by atoms with E-state index in [4.69, 9.17) is 26.7 Å². The molecule has 0 radical (unpaired) electrons.